The van der Waals surface area contributed by atoms with E-state index in [-0.39, 0.29) is 18.4 Å². The van der Waals surface area contributed by atoms with Gasteiger partial charge in [0.1, 0.15) is 18.2 Å². The molecule has 2 heterocycles. The van der Waals surface area contributed by atoms with E-state index in [0.717, 1.165) is 36.9 Å². The average molecular weight is 416 g/mol. The van der Waals surface area contributed by atoms with Crippen molar-refractivity contribution in [2.24, 2.45) is 0 Å². The van der Waals surface area contributed by atoms with Gasteiger partial charge in [0.25, 0.3) is 0 Å². The largest absolute Gasteiger partial charge is 0.486 e. The molecule has 1 aliphatic heterocycles. The molecule has 2 aromatic rings. The van der Waals surface area contributed by atoms with Crippen LogP contribution in [0.2, 0.25) is 0 Å². The number of carbonyl (C=O) groups is 2. The Bertz CT molecular complexity index is 924. The highest BCUT2D eigenvalue weighted by Crippen LogP contribution is 2.38. The molecule has 154 valence electrons. The first kappa shape index (κ1) is 19.6. The van der Waals surface area contributed by atoms with Crippen molar-refractivity contribution in [3.63, 3.8) is 0 Å². The number of fused-ring (bicyclic) bond motifs is 2. The molecule has 0 radical (unpaired) electrons. The maximum Gasteiger partial charge on any atom is 0.341 e. The molecular formula is C21H24N2O5S. The van der Waals surface area contributed by atoms with E-state index in [9.17, 15) is 9.59 Å². The SMILES string of the molecule is CCOC(=O)c1c(NC(=O)CNc2ccc3c(c2)OCCO3)sc2c1CCCC2. The molecule has 0 spiro atoms. The summed E-state index contributed by atoms with van der Waals surface area (Å²) in [5.74, 6) is 0.790. The fourth-order valence-corrected chi connectivity index (χ4v) is 4.87. The van der Waals surface area contributed by atoms with Gasteiger partial charge in [-0.3, -0.25) is 4.79 Å². The zero-order valence-electron chi connectivity index (χ0n) is 16.3. The Morgan fingerprint density at radius 2 is 1.93 bits per heavy atom. The Morgan fingerprint density at radius 1 is 1.14 bits per heavy atom. The lowest BCUT2D eigenvalue weighted by atomic mass is 9.95. The molecule has 8 heteroatoms. The maximum absolute atomic E-state index is 12.5. The molecule has 0 saturated carbocycles. The summed E-state index contributed by atoms with van der Waals surface area (Å²) in [6.07, 6.45) is 3.95. The Balaban J connectivity index is 1.44. The average Bonchev–Trinajstić information content (AvgIpc) is 3.10. The fourth-order valence-electron chi connectivity index (χ4n) is 3.58. The molecule has 4 rings (SSSR count). The third-order valence-electron chi connectivity index (χ3n) is 4.90. The Labute approximate surface area is 173 Å². The number of aryl methyl sites for hydroxylation is 1. The minimum absolute atomic E-state index is 0.0739. The second-order valence-corrected chi connectivity index (χ2v) is 8.00. The molecule has 29 heavy (non-hydrogen) atoms. The van der Waals surface area contributed by atoms with E-state index in [2.05, 4.69) is 10.6 Å². The number of thiophene rings is 1. The fraction of sp³-hybridized carbons (Fsp3) is 0.429. The van der Waals surface area contributed by atoms with E-state index >= 15 is 0 Å². The van der Waals surface area contributed by atoms with Crippen LogP contribution < -0.4 is 20.1 Å². The second-order valence-electron chi connectivity index (χ2n) is 6.90. The number of carbonyl (C=O) groups excluding carboxylic acids is 2. The number of rotatable bonds is 6. The summed E-state index contributed by atoms with van der Waals surface area (Å²) < 4.78 is 16.3. The predicted octanol–water partition coefficient (Wildman–Crippen LogP) is 3.63. The van der Waals surface area contributed by atoms with Crippen molar-refractivity contribution in [1.82, 2.24) is 0 Å². The summed E-state index contributed by atoms with van der Waals surface area (Å²) >= 11 is 1.49. The van der Waals surface area contributed by atoms with Gasteiger partial charge in [0.05, 0.1) is 18.7 Å². The molecule has 7 nitrogen and oxygen atoms in total. The number of amides is 1. The lowest BCUT2D eigenvalue weighted by Gasteiger charge is -2.19. The van der Waals surface area contributed by atoms with Gasteiger partial charge >= 0.3 is 5.97 Å². The Kier molecular flexibility index (Phi) is 5.89. The van der Waals surface area contributed by atoms with Crippen LogP contribution in [0.1, 0.15) is 40.6 Å². The van der Waals surface area contributed by atoms with E-state index in [4.69, 9.17) is 14.2 Å². The van der Waals surface area contributed by atoms with Gasteiger partial charge in [-0.05, 0) is 50.3 Å². The second kappa shape index (κ2) is 8.73. The van der Waals surface area contributed by atoms with Gasteiger partial charge in [-0.1, -0.05) is 0 Å². The van der Waals surface area contributed by atoms with Crippen LogP contribution in [0.4, 0.5) is 10.7 Å². The molecule has 0 unspecified atom stereocenters. The first-order chi connectivity index (χ1) is 14.2. The quantitative estimate of drug-likeness (QED) is 0.700. The molecule has 0 saturated heterocycles. The first-order valence-corrected chi connectivity index (χ1v) is 10.7. The molecule has 1 aliphatic carbocycles. The van der Waals surface area contributed by atoms with Crippen LogP contribution in [0.25, 0.3) is 0 Å². The predicted molar refractivity (Wildman–Crippen MR) is 111 cm³/mol. The van der Waals surface area contributed by atoms with Crippen molar-refractivity contribution in [2.75, 3.05) is 37.0 Å². The molecule has 1 aromatic carbocycles. The van der Waals surface area contributed by atoms with E-state index < -0.39 is 0 Å². The number of benzene rings is 1. The van der Waals surface area contributed by atoms with Crippen LogP contribution in [-0.2, 0) is 22.4 Å². The third-order valence-corrected chi connectivity index (χ3v) is 6.11. The summed E-state index contributed by atoms with van der Waals surface area (Å²) in [6.45, 7) is 3.21. The number of hydrogen-bond acceptors (Lipinski definition) is 7. The number of nitrogens with one attached hydrogen (secondary N) is 2. The van der Waals surface area contributed by atoms with Crippen molar-refractivity contribution in [1.29, 1.82) is 0 Å². The topological polar surface area (TPSA) is 85.9 Å². The Morgan fingerprint density at radius 3 is 2.76 bits per heavy atom. The highest BCUT2D eigenvalue weighted by Gasteiger charge is 2.27. The van der Waals surface area contributed by atoms with Crippen LogP contribution in [0.3, 0.4) is 0 Å². The van der Waals surface area contributed by atoms with Crippen LogP contribution in [0.5, 0.6) is 11.5 Å². The number of ether oxygens (including phenoxy) is 3. The minimum Gasteiger partial charge on any atom is -0.486 e. The van der Waals surface area contributed by atoms with Crippen LogP contribution in [0, 0.1) is 0 Å². The lowest BCUT2D eigenvalue weighted by molar-refractivity contribution is -0.114. The number of hydrogen-bond donors (Lipinski definition) is 2. The minimum atomic E-state index is -0.359. The standard InChI is InChI=1S/C21H24N2O5S/c1-2-26-21(25)19-14-5-3-4-6-17(14)29-20(19)23-18(24)12-22-13-7-8-15-16(11-13)28-10-9-27-15/h7-8,11,22H,2-6,9-10,12H2,1H3,(H,23,24). The molecular weight excluding hydrogens is 392 g/mol. The molecule has 0 fully saturated rings. The summed E-state index contributed by atoms with van der Waals surface area (Å²) in [5, 5.41) is 6.58. The van der Waals surface area contributed by atoms with Gasteiger partial charge in [0.2, 0.25) is 5.91 Å². The lowest BCUT2D eigenvalue weighted by Crippen LogP contribution is -2.23. The van der Waals surface area contributed by atoms with E-state index in [1.165, 1.54) is 16.2 Å². The molecule has 1 amide bonds. The van der Waals surface area contributed by atoms with E-state index in [0.29, 0.717) is 41.9 Å². The van der Waals surface area contributed by atoms with Crippen LogP contribution in [-0.4, -0.2) is 38.2 Å². The first-order valence-electron chi connectivity index (χ1n) is 9.90. The van der Waals surface area contributed by atoms with Gasteiger partial charge in [-0.15, -0.1) is 11.3 Å². The molecule has 2 aliphatic rings. The zero-order chi connectivity index (χ0) is 20.2. The summed E-state index contributed by atoms with van der Waals surface area (Å²) in [6, 6.07) is 5.48. The van der Waals surface area contributed by atoms with Gasteiger partial charge in [0, 0.05) is 16.6 Å². The van der Waals surface area contributed by atoms with Gasteiger partial charge in [-0.25, -0.2) is 4.79 Å². The van der Waals surface area contributed by atoms with E-state index in [1.807, 2.05) is 18.2 Å². The monoisotopic (exact) mass is 416 g/mol. The smallest absolute Gasteiger partial charge is 0.341 e. The van der Waals surface area contributed by atoms with Gasteiger partial charge in [-0.2, -0.15) is 0 Å². The van der Waals surface area contributed by atoms with Crippen molar-refractivity contribution in [3.8, 4) is 11.5 Å². The zero-order valence-corrected chi connectivity index (χ0v) is 17.2. The number of anilines is 2. The molecule has 0 atom stereocenters. The third kappa shape index (κ3) is 4.32. The summed E-state index contributed by atoms with van der Waals surface area (Å²) in [5.41, 5.74) is 2.33. The normalized spacial score (nSPS) is 14.7. The highest BCUT2D eigenvalue weighted by atomic mass is 32.1. The van der Waals surface area contributed by atoms with Crippen molar-refractivity contribution in [2.45, 2.75) is 32.6 Å². The van der Waals surface area contributed by atoms with Gasteiger partial charge in [0.15, 0.2) is 11.5 Å². The van der Waals surface area contributed by atoms with Crippen molar-refractivity contribution < 1.29 is 23.8 Å². The number of esters is 1. The van der Waals surface area contributed by atoms with Crippen LogP contribution >= 0.6 is 11.3 Å². The summed E-state index contributed by atoms with van der Waals surface area (Å²) in [4.78, 5) is 26.2. The van der Waals surface area contributed by atoms with Crippen molar-refractivity contribution in [3.05, 3.63) is 34.2 Å². The van der Waals surface area contributed by atoms with Gasteiger partial charge < -0.3 is 24.8 Å². The van der Waals surface area contributed by atoms with Crippen LogP contribution in [0.15, 0.2) is 18.2 Å². The maximum atomic E-state index is 12.5. The molecule has 0 bridgehead atoms. The molecule has 2 N–H and O–H groups in total. The van der Waals surface area contributed by atoms with Crippen molar-refractivity contribution >= 4 is 33.9 Å². The summed E-state index contributed by atoms with van der Waals surface area (Å²) in [7, 11) is 0. The molecule has 1 aromatic heterocycles. The highest BCUT2D eigenvalue weighted by molar-refractivity contribution is 7.17. The Hall–Kier alpha value is -2.74. The van der Waals surface area contributed by atoms with E-state index in [1.54, 1.807) is 6.92 Å².